The second-order valence-electron chi connectivity index (χ2n) is 5.39. The Kier molecular flexibility index (Phi) is 3.30. The average Bonchev–Trinajstić information content (AvgIpc) is 2.82. The first-order chi connectivity index (χ1) is 9.65. The SMILES string of the molecule is CC(=O)CCC(=O)N1CCc2[nH]c3ccccc3c2C1. The fraction of sp³-hybridized carbons (Fsp3) is 0.375. The van der Waals surface area contributed by atoms with Gasteiger partial charge in [0.1, 0.15) is 5.78 Å². The second kappa shape index (κ2) is 5.12. The molecule has 0 fully saturated rings. The standard InChI is InChI=1S/C16H18N2O2/c1-11(19)6-7-16(20)18-9-8-15-13(10-18)12-4-2-3-5-14(12)17-15/h2-5,17H,6-10H2,1H3. The zero-order valence-corrected chi connectivity index (χ0v) is 11.6. The molecule has 0 bridgehead atoms. The van der Waals surface area contributed by atoms with Gasteiger partial charge in [0, 0.05) is 54.5 Å². The van der Waals surface area contributed by atoms with Crippen molar-refractivity contribution in [1.82, 2.24) is 9.88 Å². The molecular weight excluding hydrogens is 252 g/mol. The first kappa shape index (κ1) is 12.9. The minimum absolute atomic E-state index is 0.0724. The fourth-order valence-corrected chi connectivity index (χ4v) is 2.82. The molecule has 0 aliphatic carbocycles. The highest BCUT2D eigenvalue weighted by atomic mass is 16.2. The number of carbonyl (C=O) groups is 2. The van der Waals surface area contributed by atoms with Crippen LogP contribution < -0.4 is 0 Å². The molecule has 0 spiro atoms. The van der Waals surface area contributed by atoms with Crippen LogP contribution >= 0.6 is 0 Å². The first-order valence-electron chi connectivity index (χ1n) is 7.01. The maximum atomic E-state index is 12.1. The minimum atomic E-state index is 0.0724. The molecular formula is C16H18N2O2. The van der Waals surface area contributed by atoms with Crippen molar-refractivity contribution < 1.29 is 9.59 Å². The molecule has 0 saturated carbocycles. The van der Waals surface area contributed by atoms with E-state index in [0.717, 1.165) is 18.5 Å². The lowest BCUT2D eigenvalue weighted by atomic mass is 10.0. The molecule has 1 aromatic carbocycles. The third-order valence-electron chi connectivity index (χ3n) is 3.93. The minimum Gasteiger partial charge on any atom is -0.358 e. The van der Waals surface area contributed by atoms with E-state index in [9.17, 15) is 9.59 Å². The topological polar surface area (TPSA) is 53.2 Å². The smallest absolute Gasteiger partial charge is 0.223 e. The summed E-state index contributed by atoms with van der Waals surface area (Å²) in [5.41, 5.74) is 3.60. The quantitative estimate of drug-likeness (QED) is 0.931. The van der Waals surface area contributed by atoms with Gasteiger partial charge in [0.15, 0.2) is 0 Å². The molecule has 2 heterocycles. The molecule has 2 aromatic rings. The summed E-state index contributed by atoms with van der Waals surface area (Å²) in [5.74, 6) is 0.152. The summed E-state index contributed by atoms with van der Waals surface area (Å²) in [7, 11) is 0. The molecule has 104 valence electrons. The third kappa shape index (κ3) is 2.33. The molecule has 0 unspecified atom stereocenters. The van der Waals surface area contributed by atoms with Crippen LogP contribution in [0.1, 0.15) is 31.0 Å². The van der Waals surface area contributed by atoms with Gasteiger partial charge in [0.05, 0.1) is 0 Å². The molecule has 4 nitrogen and oxygen atoms in total. The van der Waals surface area contributed by atoms with Crippen molar-refractivity contribution in [2.75, 3.05) is 6.54 Å². The Morgan fingerprint density at radius 3 is 2.85 bits per heavy atom. The van der Waals surface area contributed by atoms with E-state index < -0.39 is 0 Å². The molecule has 0 atom stereocenters. The van der Waals surface area contributed by atoms with Gasteiger partial charge in [-0.1, -0.05) is 18.2 Å². The predicted molar refractivity (Wildman–Crippen MR) is 77.3 cm³/mol. The number of aromatic amines is 1. The number of benzene rings is 1. The summed E-state index contributed by atoms with van der Waals surface area (Å²) in [6, 6.07) is 8.19. The van der Waals surface area contributed by atoms with Crippen LogP contribution in [0.2, 0.25) is 0 Å². The van der Waals surface area contributed by atoms with E-state index in [1.807, 2.05) is 17.0 Å². The maximum Gasteiger partial charge on any atom is 0.223 e. The van der Waals surface area contributed by atoms with Gasteiger partial charge in [0.25, 0.3) is 0 Å². The molecule has 1 aliphatic rings. The molecule has 4 heteroatoms. The van der Waals surface area contributed by atoms with Crippen molar-refractivity contribution in [1.29, 1.82) is 0 Å². The number of hydrogen-bond acceptors (Lipinski definition) is 2. The number of fused-ring (bicyclic) bond motifs is 3. The van der Waals surface area contributed by atoms with Crippen molar-refractivity contribution in [2.24, 2.45) is 0 Å². The summed E-state index contributed by atoms with van der Waals surface area (Å²) in [4.78, 5) is 28.4. The van der Waals surface area contributed by atoms with E-state index in [-0.39, 0.29) is 11.7 Å². The highest BCUT2D eigenvalue weighted by Crippen LogP contribution is 2.27. The fourth-order valence-electron chi connectivity index (χ4n) is 2.82. The van der Waals surface area contributed by atoms with Crippen molar-refractivity contribution >= 4 is 22.6 Å². The summed E-state index contributed by atoms with van der Waals surface area (Å²) < 4.78 is 0. The van der Waals surface area contributed by atoms with Gasteiger partial charge in [-0.25, -0.2) is 0 Å². The highest BCUT2D eigenvalue weighted by molar-refractivity contribution is 5.87. The molecule has 3 rings (SSSR count). The number of para-hydroxylation sites is 1. The second-order valence-corrected chi connectivity index (χ2v) is 5.39. The van der Waals surface area contributed by atoms with Gasteiger partial charge in [-0.15, -0.1) is 0 Å². The van der Waals surface area contributed by atoms with E-state index in [4.69, 9.17) is 0 Å². The van der Waals surface area contributed by atoms with Gasteiger partial charge in [0.2, 0.25) is 5.91 Å². The number of amides is 1. The Labute approximate surface area is 117 Å². The van der Waals surface area contributed by atoms with Crippen LogP contribution in [0, 0.1) is 0 Å². The predicted octanol–water partition coefficient (Wildman–Crippen LogP) is 2.42. The summed E-state index contributed by atoms with van der Waals surface area (Å²) in [6.07, 6.45) is 1.53. The van der Waals surface area contributed by atoms with Gasteiger partial charge < -0.3 is 14.7 Å². The maximum absolute atomic E-state index is 12.1. The van der Waals surface area contributed by atoms with Gasteiger partial charge in [-0.2, -0.15) is 0 Å². The van der Waals surface area contributed by atoms with Crippen molar-refractivity contribution in [3.63, 3.8) is 0 Å². The lowest BCUT2D eigenvalue weighted by Gasteiger charge is -2.27. The van der Waals surface area contributed by atoms with Gasteiger partial charge in [-0.05, 0) is 13.0 Å². The first-order valence-corrected chi connectivity index (χ1v) is 7.01. The number of H-pyrrole nitrogens is 1. The van der Waals surface area contributed by atoms with Crippen LogP contribution in [0.25, 0.3) is 10.9 Å². The van der Waals surface area contributed by atoms with E-state index in [2.05, 4.69) is 17.1 Å². The summed E-state index contributed by atoms with van der Waals surface area (Å²) in [6.45, 7) is 2.91. The van der Waals surface area contributed by atoms with Crippen LogP contribution in [0.4, 0.5) is 0 Å². The molecule has 1 aromatic heterocycles. The largest absolute Gasteiger partial charge is 0.358 e. The highest BCUT2D eigenvalue weighted by Gasteiger charge is 2.23. The van der Waals surface area contributed by atoms with Gasteiger partial charge >= 0.3 is 0 Å². The Hall–Kier alpha value is -2.10. The molecule has 1 aliphatic heterocycles. The number of nitrogens with zero attached hydrogens (tertiary/aromatic N) is 1. The van der Waals surface area contributed by atoms with E-state index >= 15 is 0 Å². The monoisotopic (exact) mass is 270 g/mol. The zero-order chi connectivity index (χ0) is 14.1. The van der Waals surface area contributed by atoms with Crippen molar-refractivity contribution in [3.05, 3.63) is 35.5 Å². The molecule has 20 heavy (non-hydrogen) atoms. The molecule has 1 amide bonds. The average molecular weight is 270 g/mol. The summed E-state index contributed by atoms with van der Waals surface area (Å²) >= 11 is 0. The van der Waals surface area contributed by atoms with Crippen LogP contribution in [0.15, 0.2) is 24.3 Å². The van der Waals surface area contributed by atoms with Gasteiger partial charge in [-0.3, -0.25) is 4.79 Å². The number of Topliss-reactive ketones (excluding diaryl/α,β-unsaturated/α-hetero) is 1. The van der Waals surface area contributed by atoms with Crippen LogP contribution in [0.5, 0.6) is 0 Å². The summed E-state index contributed by atoms with van der Waals surface area (Å²) in [5, 5.41) is 1.20. The van der Waals surface area contributed by atoms with Crippen LogP contribution in [-0.4, -0.2) is 28.1 Å². The molecule has 0 saturated heterocycles. The Balaban J connectivity index is 1.80. The number of aromatic nitrogens is 1. The van der Waals surface area contributed by atoms with Crippen molar-refractivity contribution in [2.45, 2.75) is 32.7 Å². The van der Waals surface area contributed by atoms with E-state index in [1.54, 1.807) is 0 Å². The van der Waals surface area contributed by atoms with E-state index in [0.29, 0.717) is 19.4 Å². The lowest BCUT2D eigenvalue weighted by molar-refractivity contribution is -0.133. The number of carbonyl (C=O) groups excluding carboxylic acids is 2. The number of rotatable bonds is 3. The zero-order valence-electron chi connectivity index (χ0n) is 11.6. The molecule has 0 radical (unpaired) electrons. The van der Waals surface area contributed by atoms with Crippen LogP contribution in [-0.2, 0) is 22.6 Å². The third-order valence-corrected chi connectivity index (χ3v) is 3.93. The van der Waals surface area contributed by atoms with Crippen LogP contribution in [0.3, 0.4) is 0 Å². The lowest BCUT2D eigenvalue weighted by Crippen LogP contribution is -2.35. The number of ketones is 1. The number of nitrogens with one attached hydrogen (secondary N) is 1. The molecule has 1 N–H and O–H groups in total. The Morgan fingerprint density at radius 1 is 1.25 bits per heavy atom. The Morgan fingerprint density at radius 2 is 2.05 bits per heavy atom. The Bertz CT molecular complexity index is 672. The number of hydrogen-bond donors (Lipinski definition) is 1. The normalized spacial score (nSPS) is 14.3. The van der Waals surface area contributed by atoms with E-state index in [1.165, 1.54) is 23.6 Å². The van der Waals surface area contributed by atoms with Crippen molar-refractivity contribution in [3.8, 4) is 0 Å².